The van der Waals surface area contributed by atoms with Crippen molar-refractivity contribution in [3.8, 4) is 5.75 Å². The fourth-order valence-corrected chi connectivity index (χ4v) is 5.52. The standard InChI is InChI=1S/C15H23N3O3S2/c1-21-15-3-2-13(12-14(15)17-6-4-16-5-7-17)23(19,20)18-8-10-22-11-9-18/h2-3,12,16H,4-11H2,1H3. The second-order valence-electron chi connectivity index (χ2n) is 5.59. The molecule has 0 atom stereocenters. The minimum absolute atomic E-state index is 0.360. The Labute approximate surface area is 142 Å². The summed E-state index contributed by atoms with van der Waals surface area (Å²) in [6.45, 7) is 4.65. The fourth-order valence-electron chi connectivity index (χ4n) is 2.92. The van der Waals surface area contributed by atoms with E-state index in [0.717, 1.165) is 49.1 Å². The van der Waals surface area contributed by atoms with Crippen LogP contribution >= 0.6 is 11.8 Å². The highest BCUT2D eigenvalue weighted by atomic mass is 32.2. The van der Waals surface area contributed by atoms with Crippen molar-refractivity contribution >= 4 is 27.5 Å². The zero-order valence-electron chi connectivity index (χ0n) is 13.3. The minimum Gasteiger partial charge on any atom is -0.495 e. The molecule has 0 aliphatic carbocycles. The van der Waals surface area contributed by atoms with Gasteiger partial charge in [0.15, 0.2) is 0 Å². The van der Waals surface area contributed by atoms with Gasteiger partial charge in [-0.05, 0) is 18.2 Å². The maximum absolute atomic E-state index is 12.9. The van der Waals surface area contributed by atoms with Crippen molar-refractivity contribution in [1.82, 2.24) is 9.62 Å². The van der Waals surface area contributed by atoms with Gasteiger partial charge in [0.2, 0.25) is 10.0 Å². The molecule has 1 N–H and O–H groups in total. The Morgan fingerprint density at radius 2 is 1.83 bits per heavy atom. The molecule has 0 spiro atoms. The van der Waals surface area contributed by atoms with Crippen molar-refractivity contribution in [3.05, 3.63) is 18.2 Å². The second-order valence-corrected chi connectivity index (χ2v) is 8.75. The summed E-state index contributed by atoms with van der Waals surface area (Å²) in [5.74, 6) is 2.44. The number of sulfonamides is 1. The zero-order valence-corrected chi connectivity index (χ0v) is 15.0. The Hall–Kier alpha value is -0.960. The first-order valence-electron chi connectivity index (χ1n) is 7.84. The molecule has 3 rings (SSSR count). The van der Waals surface area contributed by atoms with E-state index in [2.05, 4.69) is 10.2 Å². The highest BCUT2D eigenvalue weighted by Gasteiger charge is 2.27. The van der Waals surface area contributed by atoms with Crippen LogP contribution in [0.15, 0.2) is 23.1 Å². The lowest BCUT2D eigenvalue weighted by Crippen LogP contribution is -2.43. The van der Waals surface area contributed by atoms with Crippen LogP contribution in [0.5, 0.6) is 5.75 Å². The number of methoxy groups -OCH3 is 1. The second kappa shape index (κ2) is 7.29. The summed E-state index contributed by atoms with van der Waals surface area (Å²) >= 11 is 1.80. The summed E-state index contributed by atoms with van der Waals surface area (Å²) in [5.41, 5.74) is 0.862. The molecule has 2 aliphatic heterocycles. The van der Waals surface area contributed by atoms with E-state index < -0.39 is 10.0 Å². The van der Waals surface area contributed by atoms with Crippen LogP contribution in [0.25, 0.3) is 0 Å². The van der Waals surface area contributed by atoms with E-state index in [4.69, 9.17) is 4.74 Å². The number of thioether (sulfide) groups is 1. The number of piperazine rings is 1. The van der Waals surface area contributed by atoms with Crippen LogP contribution in [0, 0.1) is 0 Å². The van der Waals surface area contributed by atoms with Crippen molar-refractivity contribution in [2.45, 2.75) is 4.90 Å². The third-order valence-electron chi connectivity index (χ3n) is 4.22. The summed E-state index contributed by atoms with van der Waals surface area (Å²) in [6, 6.07) is 5.19. The molecule has 1 aromatic rings. The molecule has 0 bridgehead atoms. The minimum atomic E-state index is -3.43. The van der Waals surface area contributed by atoms with Gasteiger partial charge in [0.1, 0.15) is 5.75 Å². The molecule has 2 fully saturated rings. The van der Waals surface area contributed by atoms with Crippen molar-refractivity contribution in [3.63, 3.8) is 0 Å². The molecular formula is C15H23N3O3S2. The van der Waals surface area contributed by atoms with Crippen LogP contribution < -0.4 is 15.0 Å². The summed E-state index contributed by atoms with van der Waals surface area (Å²) in [7, 11) is -1.80. The molecule has 0 amide bonds. The molecule has 6 nitrogen and oxygen atoms in total. The maximum Gasteiger partial charge on any atom is 0.243 e. The van der Waals surface area contributed by atoms with E-state index in [1.807, 2.05) is 0 Å². The predicted molar refractivity (Wildman–Crippen MR) is 94.2 cm³/mol. The Kier molecular flexibility index (Phi) is 5.35. The van der Waals surface area contributed by atoms with Gasteiger partial charge in [-0.1, -0.05) is 0 Å². The summed E-state index contributed by atoms with van der Waals surface area (Å²) in [4.78, 5) is 2.54. The Bertz CT molecular complexity index is 639. The van der Waals surface area contributed by atoms with E-state index in [1.165, 1.54) is 0 Å². The number of hydrogen-bond donors (Lipinski definition) is 1. The molecule has 0 radical (unpaired) electrons. The molecule has 0 aromatic heterocycles. The summed E-state index contributed by atoms with van der Waals surface area (Å²) in [5, 5.41) is 3.31. The fraction of sp³-hybridized carbons (Fsp3) is 0.600. The number of hydrogen-bond acceptors (Lipinski definition) is 6. The van der Waals surface area contributed by atoms with E-state index in [1.54, 1.807) is 41.4 Å². The van der Waals surface area contributed by atoms with Crippen LogP contribution in [-0.4, -0.2) is 70.6 Å². The quantitative estimate of drug-likeness (QED) is 0.862. The molecule has 2 heterocycles. The first-order valence-corrected chi connectivity index (χ1v) is 10.4. The lowest BCUT2D eigenvalue weighted by atomic mass is 10.2. The van der Waals surface area contributed by atoms with Gasteiger partial charge < -0.3 is 15.0 Å². The monoisotopic (exact) mass is 357 g/mol. The van der Waals surface area contributed by atoms with Gasteiger partial charge >= 0.3 is 0 Å². The third-order valence-corrected chi connectivity index (χ3v) is 7.05. The molecule has 1 aromatic carbocycles. The number of rotatable bonds is 4. The Morgan fingerprint density at radius 1 is 1.13 bits per heavy atom. The first-order chi connectivity index (χ1) is 11.1. The maximum atomic E-state index is 12.9. The number of anilines is 1. The van der Waals surface area contributed by atoms with Gasteiger partial charge in [0, 0.05) is 50.8 Å². The van der Waals surface area contributed by atoms with Gasteiger partial charge in [0.05, 0.1) is 17.7 Å². The summed E-state index contributed by atoms with van der Waals surface area (Å²) in [6.07, 6.45) is 0. The van der Waals surface area contributed by atoms with Crippen LogP contribution in [0.2, 0.25) is 0 Å². The molecule has 23 heavy (non-hydrogen) atoms. The van der Waals surface area contributed by atoms with Crippen LogP contribution in [0.4, 0.5) is 5.69 Å². The van der Waals surface area contributed by atoms with E-state index in [0.29, 0.717) is 18.0 Å². The van der Waals surface area contributed by atoms with E-state index in [9.17, 15) is 8.42 Å². The molecule has 2 saturated heterocycles. The van der Waals surface area contributed by atoms with E-state index >= 15 is 0 Å². The van der Waals surface area contributed by atoms with Crippen molar-refractivity contribution in [2.24, 2.45) is 0 Å². The summed E-state index contributed by atoms with van der Waals surface area (Å²) < 4.78 is 32.8. The van der Waals surface area contributed by atoms with Crippen LogP contribution in [-0.2, 0) is 10.0 Å². The van der Waals surface area contributed by atoms with Crippen LogP contribution in [0.1, 0.15) is 0 Å². The van der Waals surface area contributed by atoms with Crippen LogP contribution in [0.3, 0.4) is 0 Å². The first kappa shape index (κ1) is 16.9. The largest absolute Gasteiger partial charge is 0.495 e. The number of benzene rings is 1. The van der Waals surface area contributed by atoms with Gasteiger partial charge in [-0.25, -0.2) is 8.42 Å². The van der Waals surface area contributed by atoms with Crippen molar-refractivity contribution in [2.75, 3.05) is 62.8 Å². The third kappa shape index (κ3) is 3.60. The van der Waals surface area contributed by atoms with Gasteiger partial charge in [-0.15, -0.1) is 0 Å². The van der Waals surface area contributed by atoms with Gasteiger partial charge in [0.25, 0.3) is 0 Å². The molecular weight excluding hydrogens is 334 g/mol. The number of nitrogens with one attached hydrogen (secondary N) is 1. The molecule has 2 aliphatic rings. The Morgan fingerprint density at radius 3 is 2.48 bits per heavy atom. The topological polar surface area (TPSA) is 61.9 Å². The highest BCUT2D eigenvalue weighted by molar-refractivity contribution is 7.99. The van der Waals surface area contributed by atoms with Gasteiger partial charge in [-0.2, -0.15) is 16.1 Å². The molecule has 0 unspecified atom stereocenters. The zero-order chi connectivity index (χ0) is 16.3. The van der Waals surface area contributed by atoms with Crippen molar-refractivity contribution < 1.29 is 13.2 Å². The Balaban J connectivity index is 1.93. The predicted octanol–water partition coefficient (Wildman–Crippen LogP) is 0.842. The molecule has 0 saturated carbocycles. The SMILES string of the molecule is COc1ccc(S(=O)(=O)N2CCSCC2)cc1N1CCNCC1. The highest BCUT2D eigenvalue weighted by Crippen LogP contribution is 2.32. The lowest BCUT2D eigenvalue weighted by Gasteiger charge is -2.31. The average molecular weight is 358 g/mol. The number of nitrogens with zero attached hydrogens (tertiary/aromatic N) is 2. The normalized spacial score (nSPS) is 20.5. The molecule has 8 heteroatoms. The molecule has 128 valence electrons. The van der Waals surface area contributed by atoms with Crippen molar-refractivity contribution in [1.29, 1.82) is 0 Å². The number of ether oxygens (including phenoxy) is 1. The van der Waals surface area contributed by atoms with Gasteiger partial charge in [-0.3, -0.25) is 0 Å². The smallest absolute Gasteiger partial charge is 0.243 e. The average Bonchev–Trinajstić information content (AvgIpc) is 2.62. The lowest BCUT2D eigenvalue weighted by molar-refractivity contribution is 0.412. The van der Waals surface area contributed by atoms with E-state index in [-0.39, 0.29) is 0 Å².